The zero-order valence-corrected chi connectivity index (χ0v) is 15.6. The number of hydrogen-bond acceptors (Lipinski definition) is 5. The largest absolute Gasteiger partial charge is 0.450 e. The number of nitrogens with zero attached hydrogens (tertiary/aromatic N) is 1. The van der Waals surface area contributed by atoms with Crippen LogP contribution in [0.15, 0.2) is 24.3 Å². The first-order chi connectivity index (χ1) is 12.3. The minimum Gasteiger partial charge on any atom is -0.450 e. The molecule has 1 saturated heterocycles. The van der Waals surface area contributed by atoms with E-state index in [2.05, 4.69) is 15.4 Å². The number of urea groups is 1. The number of anilines is 2. The van der Waals surface area contributed by atoms with Crippen LogP contribution in [0.5, 0.6) is 0 Å². The summed E-state index contributed by atoms with van der Waals surface area (Å²) in [7, 11) is -3.33. The van der Waals surface area contributed by atoms with Crippen LogP contribution in [0.4, 0.5) is 21.0 Å². The first kappa shape index (κ1) is 19.8. The highest BCUT2D eigenvalue weighted by Crippen LogP contribution is 2.15. The van der Waals surface area contributed by atoms with E-state index in [9.17, 15) is 18.0 Å². The fourth-order valence-electron chi connectivity index (χ4n) is 2.61. The van der Waals surface area contributed by atoms with Gasteiger partial charge in [0.15, 0.2) is 0 Å². The van der Waals surface area contributed by atoms with Crippen LogP contribution >= 0.6 is 0 Å². The van der Waals surface area contributed by atoms with E-state index < -0.39 is 10.0 Å². The lowest BCUT2D eigenvalue weighted by Crippen LogP contribution is -2.47. The Balaban J connectivity index is 1.78. The molecule has 0 unspecified atom stereocenters. The molecule has 10 heteroatoms. The van der Waals surface area contributed by atoms with Gasteiger partial charge in [0.05, 0.1) is 12.9 Å². The third-order valence-electron chi connectivity index (χ3n) is 3.80. The van der Waals surface area contributed by atoms with Crippen molar-refractivity contribution in [3.05, 3.63) is 24.3 Å². The van der Waals surface area contributed by atoms with Gasteiger partial charge in [-0.05, 0) is 44.0 Å². The Morgan fingerprint density at radius 3 is 2.27 bits per heavy atom. The van der Waals surface area contributed by atoms with E-state index in [4.69, 9.17) is 4.74 Å². The Hall–Kier alpha value is -2.49. The van der Waals surface area contributed by atoms with E-state index in [1.54, 1.807) is 36.1 Å². The summed E-state index contributed by atoms with van der Waals surface area (Å²) in [5, 5.41) is 5.57. The minimum absolute atomic E-state index is 0.0214. The van der Waals surface area contributed by atoms with Crippen LogP contribution in [0.2, 0.25) is 0 Å². The van der Waals surface area contributed by atoms with Gasteiger partial charge < -0.3 is 20.3 Å². The van der Waals surface area contributed by atoms with Crippen molar-refractivity contribution in [1.29, 1.82) is 0 Å². The number of ether oxygens (including phenoxy) is 1. The van der Waals surface area contributed by atoms with Gasteiger partial charge in [-0.1, -0.05) is 0 Å². The van der Waals surface area contributed by atoms with Gasteiger partial charge in [0, 0.05) is 30.5 Å². The van der Waals surface area contributed by atoms with E-state index >= 15 is 0 Å². The number of nitrogens with one attached hydrogen (secondary N) is 3. The molecule has 1 fully saturated rings. The highest BCUT2D eigenvalue weighted by Gasteiger charge is 2.24. The van der Waals surface area contributed by atoms with Gasteiger partial charge in [-0.15, -0.1) is 0 Å². The molecular weight excluding hydrogens is 360 g/mol. The maximum absolute atomic E-state index is 12.1. The molecule has 0 bridgehead atoms. The molecule has 1 aliphatic rings. The number of carbonyl (C=O) groups excluding carboxylic acids is 2. The van der Waals surface area contributed by atoms with Crippen molar-refractivity contribution in [2.24, 2.45) is 0 Å². The molecule has 1 aliphatic heterocycles. The Morgan fingerprint density at radius 2 is 1.73 bits per heavy atom. The van der Waals surface area contributed by atoms with Crippen LogP contribution in [-0.4, -0.2) is 57.4 Å². The molecular formula is C16H24N4O5S. The average Bonchev–Trinajstić information content (AvgIpc) is 2.56. The predicted octanol–water partition coefficient (Wildman–Crippen LogP) is 1.80. The highest BCUT2D eigenvalue weighted by molar-refractivity contribution is 7.92. The molecule has 1 aromatic carbocycles. The second kappa shape index (κ2) is 8.75. The normalized spacial score (nSPS) is 15.2. The van der Waals surface area contributed by atoms with Gasteiger partial charge in [-0.3, -0.25) is 4.72 Å². The summed E-state index contributed by atoms with van der Waals surface area (Å²) < 4.78 is 29.6. The van der Waals surface area contributed by atoms with E-state index in [-0.39, 0.29) is 18.2 Å². The van der Waals surface area contributed by atoms with Gasteiger partial charge in [0.2, 0.25) is 10.0 Å². The van der Waals surface area contributed by atoms with Crippen molar-refractivity contribution in [3.63, 3.8) is 0 Å². The third-order valence-corrected chi connectivity index (χ3v) is 4.41. The summed E-state index contributed by atoms with van der Waals surface area (Å²) >= 11 is 0. The van der Waals surface area contributed by atoms with E-state index in [0.717, 1.165) is 6.26 Å². The number of rotatable bonds is 5. The molecule has 9 nitrogen and oxygen atoms in total. The van der Waals surface area contributed by atoms with E-state index in [1.807, 2.05) is 0 Å². The van der Waals surface area contributed by atoms with E-state index in [0.29, 0.717) is 43.9 Å². The third kappa shape index (κ3) is 6.43. The monoisotopic (exact) mass is 384 g/mol. The quantitative estimate of drug-likeness (QED) is 0.716. The molecule has 0 aliphatic carbocycles. The molecule has 0 radical (unpaired) electrons. The highest BCUT2D eigenvalue weighted by atomic mass is 32.2. The zero-order valence-electron chi connectivity index (χ0n) is 14.8. The van der Waals surface area contributed by atoms with Crippen LogP contribution in [0.25, 0.3) is 0 Å². The van der Waals surface area contributed by atoms with Crippen LogP contribution < -0.4 is 15.4 Å². The van der Waals surface area contributed by atoms with Crippen molar-refractivity contribution in [3.8, 4) is 0 Å². The van der Waals surface area contributed by atoms with Crippen LogP contribution in [-0.2, 0) is 14.8 Å². The second-order valence-electron chi connectivity index (χ2n) is 6.01. The van der Waals surface area contributed by atoms with Gasteiger partial charge in [-0.25, -0.2) is 18.0 Å². The summed E-state index contributed by atoms with van der Waals surface area (Å²) in [5.74, 6) is 0. The van der Waals surface area contributed by atoms with Gasteiger partial charge in [0.1, 0.15) is 0 Å². The van der Waals surface area contributed by atoms with E-state index in [1.165, 1.54) is 0 Å². The summed E-state index contributed by atoms with van der Waals surface area (Å²) in [6.45, 7) is 3.18. The average molecular weight is 384 g/mol. The SMILES string of the molecule is CCOC(=O)N1CCC(NC(=O)Nc2ccc(NS(C)(=O)=O)cc2)CC1. The van der Waals surface area contributed by atoms with Gasteiger partial charge in [-0.2, -0.15) is 0 Å². The number of benzene rings is 1. The maximum Gasteiger partial charge on any atom is 0.409 e. The summed E-state index contributed by atoms with van der Waals surface area (Å²) in [5.41, 5.74) is 0.968. The fourth-order valence-corrected chi connectivity index (χ4v) is 3.17. The van der Waals surface area contributed by atoms with Crippen molar-refractivity contribution in [2.45, 2.75) is 25.8 Å². The summed E-state index contributed by atoms with van der Waals surface area (Å²) in [4.78, 5) is 25.3. The zero-order chi connectivity index (χ0) is 19.2. The number of sulfonamides is 1. The molecule has 2 rings (SSSR count). The number of hydrogen-bond donors (Lipinski definition) is 3. The Kier molecular flexibility index (Phi) is 6.67. The van der Waals surface area contributed by atoms with Crippen molar-refractivity contribution >= 4 is 33.5 Å². The first-order valence-corrected chi connectivity index (χ1v) is 10.2. The molecule has 0 saturated carbocycles. The number of amides is 3. The lowest BCUT2D eigenvalue weighted by Gasteiger charge is -2.31. The molecule has 144 valence electrons. The lowest BCUT2D eigenvalue weighted by molar-refractivity contribution is 0.0959. The predicted molar refractivity (Wildman–Crippen MR) is 98.7 cm³/mol. The number of likely N-dealkylation sites (tertiary alicyclic amines) is 1. The van der Waals surface area contributed by atoms with Crippen molar-refractivity contribution in [2.75, 3.05) is 36.0 Å². The Morgan fingerprint density at radius 1 is 1.15 bits per heavy atom. The standard InChI is InChI=1S/C16H24N4O5S/c1-3-25-16(22)20-10-8-13(9-11-20)18-15(21)17-12-4-6-14(7-5-12)19-26(2,23)24/h4-7,13,19H,3,8-11H2,1-2H3,(H2,17,18,21). The van der Waals surface area contributed by atoms with Gasteiger partial charge >= 0.3 is 12.1 Å². The topological polar surface area (TPSA) is 117 Å². The van der Waals surface area contributed by atoms with Crippen molar-refractivity contribution < 1.29 is 22.7 Å². The molecule has 26 heavy (non-hydrogen) atoms. The molecule has 0 spiro atoms. The number of carbonyl (C=O) groups is 2. The molecule has 3 amide bonds. The molecule has 3 N–H and O–H groups in total. The Bertz CT molecular complexity index is 728. The summed E-state index contributed by atoms with van der Waals surface area (Å²) in [6.07, 6.45) is 2.06. The fraction of sp³-hybridized carbons (Fsp3) is 0.500. The molecule has 0 aromatic heterocycles. The second-order valence-corrected chi connectivity index (χ2v) is 7.76. The maximum atomic E-state index is 12.1. The first-order valence-electron chi connectivity index (χ1n) is 8.34. The minimum atomic E-state index is -3.33. The molecule has 0 atom stereocenters. The summed E-state index contributed by atoms with van der Waals surface area (Å²) in [6, 6.07) is 5.98. The van der Waals surface area contributed by atoms with Crippen LogP contribution in [0, 0.1) is 0 Å². The lowest BCUT2D eigenvalue weighted by atomic mass is 10.1. The molecule has 1 heterocycles. The Labute approximate surface area is 153 Å². The number of piperidine rings is 1. The van der Waals surface area contributed by atoms with Crippen LogP contribution in [0.1, 0.15) is 19.8 Å². The van der Waals surface area contributed by atoms with Crippen molar-refractivity contribution in [1.82, 2.24) is 10.2 Å². The smallest absolute Gasteiger partial charge is 0.409 e. The van der Waals surface area contributed by atoms with Crippen LogP contribution in [0.3, 0.4) is 0 Å². The van der Waals surface area contributed by atoms with Gasteiger partial charge in [0.25, 0.3) is 0 Å². The molecule has 1 aromatic rings.